The Morgan fingerprint density at radius 2 is 1.87 bits per heavy atom. The van der Waals surface area contributed by atoms with Gasteiger partial charge in [-0.25, -0.2) is 8.57 Å². The van der Waals surface area contributed by atoms with Crippen LogP contribution < -0.4 is 21.5 Å². The van der Waals surface area contributed by atoms with E-state index in [1.807, 2.05) is 19.9 Å². The van der Waals surface area contributed by atoms with Crippen molar-refractivity contribution in [2.24, 2.45) is 4.36 Å². The van der Waals surface area contributed by atoms with Gasteiger partial charge < -0.3 is 20.2 Å². The van der Waals surface area contributed by atoms with E-state index in [1.54, 1.807) is 6.07 Å². The van der Waals surface area contributed by atoms with Crippen LogP contribution in [0.1, 0.15) is 30.9 Å². The second kappa shape index (κ2) is 8.16. The zero-order chi connectivity index (χ0) is 22.2. The van der Waals surface area contributed by atoms with Gasteiger partial charge in [0.1, 0.15) is 27.8 Å². The molecule has 0 bridgehead atoms. The number of aromatic hydroxyl groups is 1. The molecule has 3 N–H and O–H groups in total. The maximum Gasteiger partial charge on any atom is 0.253 e. The molecule has 0 amide bonds. The van der Waals surface area contributed by atoms with E-state index in [-0.39, 0.29) is 33.0 Å². The van der Waals surface area contributed by atoms with E-state index in [2.05, 4.69) is 15.0 Å². The Balaban J connectivity index is 1.98. The van der Waals surface area contributed by atoms with Crippen molar-refractivity contribution in [3.05, 3.63) is 61.3 Å². The van der Waals surface area contributed by atoms with Crippen molar-refractivity contribution >= 4 is 38.4 Å². The van der Waals surface area contributed by atoms with Crippen LogP contribution >= 0.6 is 11.6 Å². The van der Waals surface area contributed by atoms with Crippen molar-refractivity contribution in [2.75, 3.05) is 23.9 Å². The highest BCUT2D eigenvalue weighted by Crippen LogP contribution is 2.39. The van der Waals surface area contributed by atoms with Crippen LogP contribution in [-0.4, -0.2) is 22.6 Å². The lowest BCUT2D eigenvalue weighted by Crippen LogP contribution is -2.37. The van der Waals surface area contributed by atoms with Crippen LogP contribution in [0.2, 0.25) is 5.02 Å². The topological polar surface area (TPSA) is 121 Å². The molecule has 1 unspecified atom stereocenters. The molecule has 0 aliphatic rings. The van der Waals surface area contributed by atoms with Gasteiger partial charge in [-0.15, -0.1) is 0 Å². The number of nitrogens with zero attached hydrogens (tertiary/aromatic N) is 1. The number of rotatable bonds is 7. The fourth-order valence-corrected chi connectivity index (χ4v) is 4.73. The second-order valence-corrected chi connectivity index (χ2v) is 9.63. The first-order chi connectivity index (χ1) is 14.1. The minimum atomic E-state index is -2.94. The SMILES string of the molecule is CC[C@@H](Nc1c(Nc2ccc(Cl)c(S(C)(=O)=NC)c2O)c(=O)c1=O)c1ccc(C)o1. The molecule has 3 aromatic rings. The van der Waals surface area contributed by atoms with Gasteiger partial charge in [0.2, 0.25) is 0 Å². The van der Waals surface area contributed by atoms with Gasteiger partial charge in [-0.05, 0) is 37.6 Å². The molecular weight excluding hydrogens is 430 g/mol. The molecule has 0 spiro atoms. The highest BCUT2D eigenvalue weighted by Gasteiger charge is 2.27. The minimum Gasteiger partial charge on any atom is -0.504 e. The van der Waals surface area contributed by atoms with Gasteiger partial charge in [-0.2, -0.15) is 0 Å². The Kier molecular flexibility index (Phi) is 5.96. The Labute approximate surface area is 178 Å². The van der Waals surface area contributed by atoms with Crippen molar-refractivity contribution in [1.29, 1.82) is 0 Å². The van der Waals surface area contributed by atoms with Crippen LogP contribution in [0, 0.1) is 6.92 Å². The summed E-state index contributed by atoms with van der Waals surface area (Å²) >= 11 is 6.10. The normalized spacial score (nSPS) is 14.3. The van der Waals surface area contributed by atoms with Crippen molar-refractivity contribution in [3.63, 3.8) is 0 Å². The van der Waals surface area contributed by atoms with E-state index < -0.39 is 26.3 Å². The number of benzene rings is 1. The molecule has 0 fully saturated rings. The summed E-state index contributed by atoms with van der Waals surface area (Å²) in [5, 5.41) is 16.5. The quantitative estimate of drug-likeness (QED) is 0.367. The third-order valence-electron chi connectivity index (χ3n) is 4.81. The van der Waals surface area contributed by atoms with E-state index in [0.29, 0.717) is 12.2 Å². The van der Waals surface area contributed by atoms with E-state index >= 15 is 0 Å². The number of phenols is 1. The van der Waals surface area contributed by atoms with Crippen LogP contribution in [0.3, 0.4) is 0 Å². The van der Waals surface area contributed by atoms with E-state index in [0.717, 1.165) is 5.76 Å². The van der Waals surface area contributed by atoms with Gasteiger partial charge in [-0.3, -0.25) is 9.59 Å². The van der Waals surface area contributed by atoms with Crippen LogP contribution in [0.15, 0.2) is 47.5 Å². The highest BCUT2D eigenvalue weighted by molar-refractivity contribution is 7.93. The lowest BCUT2D eigenvalue weighted by molar-refractivity contribution is 0.452. The summed E-state index contributed by atoms with van der Waals surface area (Å²) < 4.78 is 22.1. The third-order valence-corrected chi connectivity index (χ3v) is 7.11. The molecule has 0 saturated carbocycles. The monoisotopic (exact) mass is 451 g/mol. The van der Waals surface area contributed by atoms with Gasteiger partial charge in [0.05, 0.1) is 26.5 Å². The fourth-order valence-electron chi connectivity index (χ4n) is 3.07. The predicted octanol–water partition coefficient (Wildman–Crippen LogP) is 3.94. The number of hydrogen-bond donors (Lipinski definition) is 3. The molecular formula is C20H22ClN3O5S. The van der Waals surface area contributed by atoms with E-state index in [9.17, 15) is 18.9 Å². The second-order valence-electron chi connectivity index (χ2n) is 6.84. The standard InChI is InChI=1S/C20H22ClN3O5S/c1-5-12(14-9-6-10(2)29-14)23-15-16(19(27)18(15)26)24-13-8-7-11(21)20(17(13)25)30(4,28)22-3/h6-9,12,23-25H,5H2,1-4H3/t12-,30?/m1/s1. The van der Waals surface area contributed by atoms with E-state index in [1.165, 1.54) is 25.4 Å². The molecule has 2 atom stereocenters. The van der Waals surface area contributed by atoms with Crippen LogP contribution in [0.5, 0.6) is 5.75 Å². The summed E-state index contributed by atoms with van der Waals surface area (Å²) in [6.07, 6.45) is 1.95. The van der Waals surface area contributed by atoms with Crippen molar-refractivity contribution in [1.82, 2.24) is 0 Å². The van der Waals surface area contributed by atoms with E-state index in [4.69, 9.17) is 16.0 Å². The maximum absolute atomic E-state index is 12.6. The number of halogens is 1. The van der Waals surface area contributed by atoms with Crippen molar-refractivity contribution < 1.29 is 13.7 Å². The molecule has 160 valence electrons. The number of phenolic OH excluding ortho intramolecular Hbond substituents is 1. The predicted molar refractivity (Wildman–Crippen MR) is 119 cm³/mol. The molecule has 1 aromatic heterocycles. The maximum atomic E-state index is 12.6. The summed E-state index contributed by atoms with van der Waals surface area (Å²) in [5.41, 5.74) is -1.22. The molecule has 0 aliphatic heterocycles. The summed E-state index contributed by atoms with van der Waals surface area (Å²) in [7, 11) is -1.58. The largest absolute Gasteiger partial charge is 0.504 e. The molecule has 1 heterocycles. The van der Waals surface area contributed by atoms with Gasteiger partial charge in [0.25, 0.3) is 10.9 Å². The molecule has 3 rings (SSSR count). The zero-order valence-electron chi connectivity index (χ0n) is 16.9. The molecule has 0 radical (unpaired) electrons. The first kappa shape index (κ1) is 21.9. The smallest absolute Gasteiger partial charge is 0.253 e. The van der Waals surface area contributed by atoms with Gasteiger partial charge >= 0.3 is 0 Å². The van der Waals surface area contributed by atoms with Crippen LogP contribution in [0.25, 0.3) is 0 Å². The number of furan rings is 1. The molecule has 8 nitrogen and oxygen atoms in total. The lowest BCUT2D eigenvalue weighted by atomic mass is 10.1. The lowest BCUT2D eigenvalue weighted by Gasteiger charge is -2.21. The molecule has 10 heteroatoms. The molecule has 30 heavy (non-hydrogen) atoms. The summed E-state index contributed by atoms with van der Waals surface area (Å²) in [6.45, 7) is 3.73. The van der Waals surface area contributed by atoms with Gasteiger partial charge in [0.15, 0.2) is 5.75 Å². The molecule has 0 aliphatic carbocycles. The van der Waals surface area contributed by atoms with Crippen molar-refractivity contribution in [2.45, 2.75) is 31.2 Å². The van der Waals surface area contributed by atoms with Gasteiger partial charge in [0, 0.05) is 13.3 Å². The minimum absolute atomic E-state index is 0.00124. The molecule has 0 saturated heterocycles. The Bertz CT molecular complexity index is 1300. The highest BCUT2D eigenvalue weighted by atomic mass is 35.5. The number of anilines is 3. The first-order valence-corrected chi connectivity index (χ1v) is 11.5. The first-order valence-electron chi connectivity index (χ1n) is 9.15. The summed E-state index contributed by atoms with van der Waals surface area (Å²) in [4.78, 5) is 24.3. The summed E-state index contributed by atoms with van der Waals surface area (Å²) in [5.74, 6) is 0.978. The Morgan fingerprint density at radius 1 is 1.20 bits per heavy atom. The number of hydrogen-bond acceptors (Lipinski definition) is 8. The fraction of sp³-hybridized carbons (Fsp3) is 0.300. The number of nitrogens with one attached hydrogen (secondary N) is 2. The third kappa shape index (κ3) is 3.82. The average molecular weight is 452 g/mol. The Morgan fingerprint density at radius 3 is 2.43 bits per heavy atom. The molecule has 2 aromatic carbocycles. The van der Waals surface area contributed by atoms with Gasteiger partial charge in [-0.1, -0.05) is 18.5 Å². The Hall–Kier alpha value is -2.78. The van der Waals surface area contributed by atoms with Crippen LogP contribution in [-0.2, 0) is 9.73 Å². The number of aryl methyl sites for hydroxylation is 1. The average Bonchev–Trinajstić information content (AvgIpc) is 3.14. The zero-order valence-corrected chi connectivity index (χ0v) is 18.5. The summed E-state index contributed by atoms with van der Waals surface area (Å²) in [6, 6.07) is 6.17. The van der Waals surface area contributed by atoms with Crippen molar-refractivity contribution in [3.8, 4) is 5.75 Å². The van der Waals surface area contributed by atoms with Crippen LogP contribution in [0.4, 0.5) is 17.1 Å².